The largest absolute Gasteiger partial charge is 0.601 e. The Kier molecular flexibility index (Phi) is 4.66. The molecule has 21 heavy (non-hydrogen) atoms. The Labute approximate surface area is 137 Å². The van der Waals surface area contributed by atoms with E-state index in [1.807, 2.05) is 0 Å². The van der Waals surface area contributed by atoms with Gasteiger partial charge in [-0.25, -0.2) is 0 Å². The summed E-state index contributed by atoms with van der Waals surface area (Å²) in [6, 6.07) is 15.3. The van der Waals surface area contributed by atoms with Crippen LogP contribution in [-0.4, -0.2) is 0 Å². The third-order valence-corrected chi connectivity index (χ3v) is 5.60. The lowest BCUT2D eigenvalue weighted by Gasteiger charge is -2.00. The van der Waals surface area contributed by atoms with E-state index in [2.05, 4.69) is 15.9 Å². The minimum absolute atomic E-state index is 0. The smallest absolute Gasteiger partial charge is 0.147 e. The van der Waals surface area contributed by atoms with E-state index >= 15 is 0 Å². The van der Waals surface area contributed by atoms with Crippen molar-refractivity contribution in [2.24, 2.45) is 0 Å². The van der Waals surface area contributed by atoms with E-state index in [1.165, 1.54) is 0 Å². The zero-order valence-electron chi connectivity index (χ0n) is 10.5. The van der Waals surface area contributed by atoms with Crippen molar-refractivity contribution in [3.05, 3.63) is 59.1 Å². The molecule has 0 nitrogen and oxygen atoms in total. The highest BCUT2D eigenvalue weighted by Gasteiger charge is 2.48. The number of fused-ring (bicyclic) bond motifs is 1. The van der Waals surface area contributed by atoms with E-state index in [0.29, 0.717) is 20.5 Å². The molecule has 3 aromatic rings. The molecular formula is C15H10BrClF3S+. The number of hydrogen-bond donors (Lipinski definition) is 0. The molecule has 0 spiro atoms. The molecule has 1 unspecified atom stereocenters. The Balaban J connectivity index is 0.00000161. The van der Waals surface area contributed by atoms with Crippen LogP contribution < -0.4 is 0 Å². The number of halogens is 5. The quantitative estimate of drug-likeness (QED) is 0.393. The molecule has 0 N–H and O–H groups in total. The van der Waals surface area contributed by atoms with Gasteiger partial charge in [-0.1, -0.05) is 28.1 Å². The first-order valence-corrected chi connectivity index (χ1v) is 7.86. The molecule has 0 radical (unpaired) electrons. The molecule has 6 heteroatoms. The summed E-state index contributed by atoms with van der Waals surface area (Å²) < 4.78 is 41.5. The summed E-state index contributed by atoms with van der Waals surface area (Å²) in [5.41, 5.74) is -3.64. The second-order valence-corrected chi connectivity index (χ2v) is 7.18. The maximum absolute atomic E-state index is 13.4. The van der Waals surface area contributed by atoms with Crippen LogP contribution in [0.2, 0.25) is 0 Å². The SMILES string of the molecule is Cl.FC(F)(F)[s+]1c(-c2ccc(Br)cc2)cc2ccccc21. The van der Waals surface area contributed by atoms with Crippen LogP contribution in [0, 0.1) is 0 Å². The fourth-order valence-corrected chi connectivity index (χ4v) is 4.36. The molecule has 110 valence electrons. The highest BCUT2D eigenvalue weighted by Crippen LogP contribution is 2.54. The van der Waals surface area contributed by atoms with Gasteiger partial charge in [0, 0.05) is 21.5 Å². The van der Waals surface area contributed by atoms with Crippen LogP contribution in [0.4, 0.5) is 13.2 Å². The average molecular weight is 395 g/mol. The zero-order chi connectivity index (χ0) is 14.3. The van der Waals surface area contributed by atoms with Gasteiger partial charge < -0.3 is 0 Å². The van der Waals surface area contributed by atoms with Crippen LogP contribution in [0.15, 0.2) is 59.1 Å². The van der Waals surface area contributed by atoms with Crippen molar-refractivity contribution >= 4 is 48.9 Å². The standard InChI is InChI=1S/C15H9BrF3S.ClH/c16-12-7-5-10(6-8-12)14-9-11-3-1-2-4-13(11)20(14)15(17,18)19;/h1-9H;1H/q+1;. The van der Waals surface area contributed by atoms with E-state index in [4.69, 9.17) is 0 Å². The zero-order valence-corrected chi connectivity index (χ0v) is 13.7. The highest BCUT2D eigenvalue weighted by molar-refractivity contribution is 9.10. The first-order chi connectivity index (χ1) is 9.47. The van der Waals surface area contributed by atoms with Gasteiger partial charge in [0.1, 0.15) is 10.5 Å². The maximum atomic E-state index is 13.4. The van der Waals surface area contributed by atoms with E-state index in [1.54, 1.807) is 54.6 Å². The van der Waals surface area contributed by atoms with Gasteiger partial charge in [0.2, 0.25) is 0 Å². The lowest BCUT2D eigenvalue weighted by atomic mass is 10.1. The molecule has 1 atom stereocenters. The Bertz CT molecular complexity index is 763. The van der Waals surface area contributed by atoms with E-state index in [0.717, 1.165) is 4.47 Å². The molecule has 0 bridgehead atoms. The molecule has 2 aromatic carbocycles. The third kappa shape index (κ3) is 3.10. The summed E-state index contributed by atoms with van der Waals surface area (Å²) in [4.78, 5) is 0.339. The predicted molar refractivity (Wildman–Crippen MR) is 88.1 cm³/mol. The monoisotopic (exact) mass is 393 g/mol. The summed E-state index contributed by atoms with van der Waals surface area (Å²) in [5, 5.41) is 0.658. The van der Waals surface area contributed by atoms with Crippen LogP contribution >= 0.6 is 38.8 Å². The third-order valence-electron chi connectivity index (χ3n) is 3.01. The van der Waals surface area contributed by atoms with E-state index in [9.17, 15) is 13.2 Å². The number of benzene rings is 2. The number of rotatable bonds is 1. The van der Waals surface area contributed by atoms with Crippen LogP contribution in [0.1, 0.15) is 0 Å². The lowest BCUT2D eigenvalue weighted by molar-refractivity contribution is -0.0864. The van der Waals surface area contributed by atoms with Gasteiger partial charge in [0.15, 0.2) is 9.58 Å². The van der Waals surface area contributed by atoms with E-state index < -0.39 is 16.0 Å². The van der Waals surface area contributed by atoms with Crippen molar-refractivity contribution in [2.75, 3.05) is 0 Å². The molecule has 0 aliphatic rings. The molecule has 3 rings (SSSR count). The fourth-order valence-electron chi connectivity index (χ4n) is 2.17. The Morgan fingerprint density at radius 2 is 1.52 bits per heavy atom. The summed E-state index contributed by atoms with van der Waals surface area (Å²) in [6.07, 6.45) is 0. The predicted octanol–water partition coefficient (Wildman–Crippen LogP) is 6.92. The molecule has 0 saturated carbocycles. The van der Waals surface area contributed by atoms with Gasteiger partial charge in [-0.05, 0) is 36.4 Å². The Morgan fingerprint density at radius 3 is 2.14 bits per heavy atom. The molecule has 0 aliphatic heterocycles. The molecule has 0 fully saturated rings. The molecular weight excluding hydrogens is 385 g/mol. The first-order valence-electron chi connectivity index (χ1n) is 5.84. The lowest BCUT2D eigenvalue weighted by Crippen LogP contribution is -1.96. The van der Waals surface area contributed by atoms with Crippen LogP contribution in [0.3, 0.4) is 0 Å². The van der Waals surface area contributed by atoms with Crippen molar-refractivity contribution in [1.29, 1.82) is 0 Å². The van der Waals surface area contributed by atoms with Crippen molar-refractivity contribution in [3.63, 3.8) is 0 Å². The van der Waals surface area contributed by atoms with Gasteiger partial charge in [-0.15, -0.1) is 25.6 Å². The van der Waals surface area contributed by atoms with Crippen molar-refractivity contribution in [2.45, 2.75) is 5.51 Å². The number of hydrogen-bond acceptors (Lipinski definition) is 0. The van der Waals surface area contributed by atoms with Gasteiger partial charge in [0.05, 0.1) is 0 Å². The van der Waals surface area contributed by atoms with Crippen LogP contribution in [0.25, 0.3) is 20.5 Å². The first kappa shape index (κ1) is 16.3. The minimum Gasteiger partial charge on any atom is -0.147 e. The molecule has 0 saturated heterocycles. The second kappa shape index (κ2) is 5.99. The molecule has 1 heterocycles. The molecule has 0 aliphatic carbocycles. The highest BCUT2D eigenvalue weighted by atomic mass is 79.9. The van der Waals surface area contributed by atoms with Crippen LogP contribution in [0.5, 0.6) is 0 Å². The summed E-state index contributed by atoms with van der Waals surface area (Å²) in [5.74, 6) is 0. The average Bonchev–Trinajstić information content (AvgIpc) is 2.78. The van der Waals surface area contributed by atoms with Gasteiger partial charge >= 0.3 is 5.51 Å². The summed E-state index contributed by atoms with van der Waals surface area (Å²) in [6.45, 7) is 0. The normalized spacial score (nSPS) is 12.3. The van der Waals surface area contributed by atoms with Crippen LogP contribution in [-0.2, 0) is 5.51 Å². The number of alkyl halides is 3. The van der Waals surface area contributed by atoms with Crippen molar-refractivity contribution in [3.8, 4) is 10.4 Å². The minimum atomic E-state index is -4.26. The Hall–Kier alpha value is -1.04. The van der Waals surface area contributed by atoms with E-state index in [-0.39, 0.29) is 12.4 Å². The topological polar surface area (TPSA) is 0 Å². The number of thiophene rings is 1. The summed E-state index contributed by atoms with van der Waals surface area (Å²) in [7, 11) is -1.87. The second-order valence-electron chi connectivity index (χ2n) is 4.31. The molecule has 0 amide bonds. The van der Waals surface area contributed by atoms with Gasteiger partial charge in [0.25, 0.3) is 0 Å². The Morgan fingerprint density at radius 1 is 0.905 bits per heavy atom. The van der Waals surface area contributed by atoms with Gasteiger partial charge in [-0.2, -0.15) is 0 Å². The van der Waals surface area contributed by atoms with Crippen molar-refractivity contribution in [1.82, 2.24) is 0 Å². The van der Waals surface area contributed by atoms with Gasteiger partial charge in [-0.3, -0.25) is 0 Å². The maximum Gasteiger partial charge on any atom is 0.601 e. The molecule has 1 aromatic heterocycles. The fraction of sp³-hybridized carbons (Fsp3) is 0.0667. The van der Waals surface area contributed by atoms with Crippen molar-refractivity contribution < 1.29 is 13.2 Å². The summed E-state index contributed by atoms with van der Waals surface area (Å²) >= 11 is 3.30.